The standard InChI is InChI=1S/C11H14FNO/c1-11(2,3)13(12)10(14)9-7-5-4-6-8-9/h4-8H,1-3H3. The largest absolute Gasteiger partial charge is 0.282 e. The number of amides is 1. The highest BCUT2D eigenvalue weighted by molar-refractivity contribution is 5.93. The first kappa shape index (κ1) is 10.7. The molecule has 0 fully saturated rings. The average Bonchev–Trinajstić information content (AvgIpc) is 2.15. The molecule has 0 unspecified atom stereocenters. The Morgan fingerprint density at radius 3 is 2.14 bits per heavy atom. The van der Waals surface area contributed by atoms with E-state index in [9.17, 15) is 9.28 Å². The van der Waals surface area contributed by atoms with Gasteiger partial charge in [0.1, 0.15) is 0 Å². The van der Waals surface area contributed by atoms with E-state index in [0.717, 1.165) is 0 Å². The van der Waals surface area contributed by atoms with Gasteiger partial charge in [0, 0.05) is 5.56 Å². The normalized spacial score (nSPS) is 11.1. The molecule has 0 aromatic heterocycles. The van der Waals surface area contributed by atoms with E-state index >= 15 is 0 Å². The molecule has 2 nitrogen and oxygen atoms in total. The number of hydrogen-bond donors (Lipinski definition) is 0. The van der Waals surface area contributed by atoms with Gasteiger partial charge in [-0.05, 0) is 32.9 Å². The molecule has 0 radical (unpaired) electrons. The fourth-order valence-electron chi connectivity index (χ4n) is 0.999. The molecule has 0 N–H and O–H groups in total. The summed E-state index contributed by atoms with van der Waals surface area (Å²) in [6, 6.07) is 8.41. The number of carbonyl (C=O) groups is 1. The molecule has 0 atom stereocenters. The molecule has 1 aromatic rings. The van der Waals surface area contributed by atoms with Crippen molar-refractivity contribution in [3.05, 3.63) is 35.9 Å². The van der Waals surface area contributed by atoms with Crippen LogP contribution in [-0.2, 0) is 0 Å². The van der Waals surface area contributed by atoms with Crippen LogP contribution in [0.2, 0.25) is 0 Å². The lowest BCUT2D eigenvalue weighted by atomic mass is 10.1. The molecule has 0 heterocycles. The summed E-state index contributed by atoms with van der Waals surface area (Å²) in [4.78, 5) is 11.5. The van der Waals surface area contributed by atoms with Gasteiger partial charge in [0.05, 0.1) is 5.54 Å². The molecular formula is C11H14FNO. The van der Waals surface area contributed by atoms with Gasteiger partial charge in [-0.1, -0.05) is 22.7 Å². The Bertz CT molecular complexity index is 316. The molecule has 0 saturated heterocycles. The van der Waals surface area contributed by atoms with Gasteiger partial charge in [0.2, 0.25) is 0 Å². The molecular weight excluding hydrogens is 181 g/mol. The van der Waals surface area contributed by atoms with Crippen LogP contribution in [0.4, 0.5) is 4.48 Å². The monoisotopic (exact) mass is 195 g/mol. The predicted octanol–water partition coefficient (Wildman–Crippen LogP) is 2.81. The van der Waals surface area contributed by atoms with Gasteiger partial charge in [-0.15, -0.1) is 0 Å². The van der Waals surface area contributed by atoms with E-state index in [-0.39, 0.29) is 5.12 Å². The highest BCUT2D eigenvalue weighted by atomic mass is 19.2. The van der Waals surface area contributed by atoms with Gasteiger partial charge in [-0.2, -0.15) is 5.12 Å². The number of halogens is 1. The van der Waals surface area contributed by atoms with Crippen LogP contribution in [0.25, 0.3) is 0 Å². The Hall–Kier alpha value is -1.38. The Morgan fingerprint density at radius 1 is 1.21 bits per heavy atom. The third-order valence-corrected chi connectivity index (χ3v) is 1.79. The first-order valence-electron chi connectivity index (χ1n) is 4.48. The number of carbonyl (C=O) groups excluding carboxylic acids is 1. The van der Waals surface area contributed by atoms with Crippen molar-refractivity contribution in [1.29, 1.82) is 0 Å². The second kappa shape index (κ2) is 3.78. The van der Waals surface area contributed by atoms with Crippen molar-refractivity contribution in [2.45, 2.75) is 26.3 Å². The van der Waals surface area contributed by atoms with Crippen molar-refractivity contribution in [2.24, 2.45) is 0 Å². The zero-order chi connectivity index (χ0) is 10.8. The van der Waals surface area contributed by atoms with Gasteiger partial charge in [0.25, 0.3) is 5.91 Å². The molecule has 3 heteroatoms. The summed E-state index contributed by atoms with van der Waals surface area (Å²) in [7, 11) is 0. The summed E-state index contributed by atoms with van der Waals surface area (Å²) in [6.07, 6.45) is 0. The molecule has 14 heavy (non-hydrogen) atoms. The first-order chi connectivity index (χ1) is 6.43. The van der Waals surface area contributed by atoms with Gasteiger partial charge in [-0.3, -0.25) is 4.79 Å². The van der Waals surface area contributed by atoms with Crippen LogP contribution in [0.3, 0.4) is 0 Å². The fourth-order valence-corrected chi connectivity index (χ4v) is 0.999. The minimum atomic E-state index is -0.799. The molecule has 0 aliphatic heterocycles. The summed E-state index contributed by atoms with van der Waals surface area (Å²) in [6.45, 7) is 4.94. The summed E-state index contributed by atoms with van der Waals surface area (Å²) < 4.78 is 13.5. The zero-order valence-corrected chi connectivity index (χ0v) is 8.62. The Balaban J connectivity index is 2.87. The first-order valence-corrected chi connectivity index (χ1v) is 4.48. The molecule has 76 valence electrons. The van der Waals surface area contributed by atoms with Crippen LogP contribution < -0.4 is 0 Å². The molecule has 0 aliphatic rings. The van der Waals surface area contributed by atoms with Crippen molar-refractivity contribution in [1.82, 2.24) is 5.12 Å². The highest BCUT2D eigenvalue weighted by Crippen LogP contribution is 2.17. The number of benzene rings is 1. The maximum atomic E-state index is 13.5. The van der Waals surface area contributed by atoms with Gasteiger partial charge < -0.3 is 0 Å². The Labute approximate surface area is 83.3 Å². The van der Waals surface area contributed by atoms with Crippen molar-refractivity contribution in [3.63, 3.8) is 0 Å². The quantitative estimate of drug-likeness (QED) is 0.631. The van der Waals surface area contributed by atoms with Gasteiger partial charge in [-0.25, -0.2) is 0 Å². The number of hydrogen-bond acceptors (Lipinski definition) is 1. The van der Waals surface area contributed by atoms with E-state index in [4.69, 9.17) is 0 Å². The van der Waals surface area contributed by atoms with Gasteiger partial charge in [0.15, 0.2) is 0 Å². The topological polar surface area (TPSA) is 20.3 Å². The van der Waals surface area contributed by atoms with Crippen molar-refractivity contribution in [3.8, 4) is 0 Å². The van der Waals surface area contributed by atoms with Gasteiger partial charge >= 0.3 is 0 Å². The van der Waals surface area contributed by atoms with E-state index < -0.39 is 11.4 Å². The second-order valence-corrected chi connectivity index (χ2v) is 4.12. The van der Waals surface area contributed by atoms with E-state index in [1.807, 2.05) is 0 Å². The van der Waals surface area contributed by atoms with Crippen LogP contribution in [0.5, 0.6) is 0 Å². The van der Waals surface area contributed by atoms with Crippen molar-refractivity contribution in [2.75, 3.05) is 0 Å². The van der Waals surface area contributed by atoms with E-state index in [1.165, 1.54) is 0 Å². The van der Waals surface area contributed by atoms with Crippen LogP contribution in [0, 0.1) is 0 Å². The Morgan fingerprint density at radius 2 is 1.71 bits per heavy atom. The molecule has 0 spiro atoms. The number of rotatable bonds is 1. The third-order valence-electron chi connectivity index (χ3n) is 1.79. The lowest BCUT2D eigenvalue weighted by Gasteiger charge is -2.26. The van der Waals surface area contributed by atoms with Crippen LogP contribution in [0.15, 0.2) is 30.3 Å². The summed E-state index contributed by atoms with van der Waals surface area (Å²) >= 11 is 0. The summed E-state index contributed by atoms with van der Waals surface area (Å²) in [5, 5.41) is 0.252. The van der Waals surface area contributed by atoms with Crippen LogP contribution >= 0.6 is 0 Å². The van der Waals surface area contributed by atoms with Crippen molar-refractivity contribution < 1.29 is 9.28 Å². The maximum Gasteiger partial charge on any atom is 0.282 e. The average molecular weight is 195 g/mol. The molecule has 0 bridgehead atoms. The highest BCUT2D eigenvalue weighted by Gasteiger charge is 2.27. The SMILES string of the molecule is CC(C)(C)N(F)C(=O)c1ccccc1. The maximum absolute atomic E-state index is 13.5. The van der Waals surface area contributed by atoms with Crippen LogP contribution in [-0.4, -0.2) is 16.6 Å². The lowest BCUT2D eigenvalue weighted by Crippen LogP contribution is -2.39. The zero-order valence-electron chi connectivity index (χ0n) is 8.62. The lowest BCUT2D eigenvalue weighted by molar-refractivity contribution is -0.0322. The minimum Gasteiger partial charge on any atom is -0.266 e. The van der Waals surface area contributed by atoms with Crippen LogP contribution in [0.1, 0.15) is 31.1 Å². The predicted molar refractivity (Wildman–Crippen MR) is 53.5 cm³/mol. The fraction of sp³-hybridized carbons (Fsp3) is 0.364. The third kappa shape index (κ3) is 2.31. The van der Waals surface area contributed by atoms with E-state index in [2.05, 4.69) is 0 Å². The molecule has 0 saturated carbocycles. The molecule has 1 rings (SSSR count). The minimum absolute atomic E-state index is 0.252. The van der Waals surface area contributed by atoms with Crippen molar-refractivity contribution >= 4 is 5.91 Å². The molecule has 0 aliphatic carbocycles. The van der Waals surface area contributed by atoms with E-state index in [0.29, 0.717) is 5.56 Å². The molecule has 1 aromatic carbocycles. The number of nitrogens with zero attached hydrogens (tertiary/aromatic N) is 1. The Kier molecular flexibility index (Phi) is 2.89. The summed E-state index contributed by atoms with van der Waals surface area (Å²) in [5.41, 5.74) is -0.433. The molecule has 1 amide bonds. The smallest absolute Gasteiger partial charge is 0.266 e. The van der Waals surface area contributed by atoms with E-state index in [1.54, 1.807) is 51.1 Å². The summed E-state index contributed by atoms with van der Waals surface area (Å²) in [5.74, 6) is -0.599. The second-order valence-electron chi connectivity index (χ2n) is 4.12.